The molecule has 126 valence electrons. The highest BCUT2D eigenvalue weighted by Crippen LogP contribution is 2.41. The van der Waals surface area contributed by atoms with Crippen LogP contribution in [0.4, 0.5) is 24.5 Å². The van der Waals surface area contributed by atoms with E-state index in [2.05, 4.69) is 5.32 Å². The minimum Gasteiger partial charge on any atom is -0.508 e. The zero-order valence-corrected chi connectivity index (χ0v) is 12.3. The fourth-order valence-corrected chi connectivity index (χ4v) is 2.95. The maximum absolute atomic E-state index is 12.7. The molecule has 0 aromatic heterocycles. The molecule has 8 heteroatoms. The van der Waals surface area contributed by atoms with Crippen LogP contribution in [-0.4, -0.2) is 10.0 Å². The zero-order valence-electron chi connectivity index (χ0n) is 12.3. The first kappa shape index (κ1) is 16.1. The van der Waals surface area contributed by atoms with E-state index in [-0.39, 0.29) is 17.5 Å². The van der Waals surface area contributed by atoms with Crippen LogP contribution in [-0.2, 0) is 12.6 Å². The number of nitro benzene ring substituents is 1. The lowest BCUT2D eigenvalue weighted by Crippen LogP contribution is -2.11. The molecule has 1 aliphatic carbocycles. The average molecular weight is 338 g/mol. The number of phenols is 1. The normalized spacial score (nSPS) is 16.7. The van der Waals surface area contributed by atoms with Crippen molar-refractivity contribution in [3.8, 4) is 5.75 Å². The lowest BCUT2D eigenvalue weighted by Gasteiger charge is -2.16. The molecular formula is C16H13F3N2O3. The van der Waals surface area contributed by atoms with Crippen molar-refractivity contribution in [2.75, 3.05) is 5.32 Å². The van der Waals surface area contributed by atoms with E-state index >= 15 is 0 Å². The molecule has 1 aliphatic rings. The number of nitro groups is 1. The second-order valence-corrected chi connectivity index (χ2v) is 5.57. The summed E-state index contributed by atoms with van der Waals surface area (Å²) in [4.78, 5) is 10.3. The van der Waals surface area contributed by atoms with E-state index in [9.17, 15) is 28.4 Å². The Bertz CT molecular complexity index is 806. The second-order valence-electron chi connectivity index (χ2n) is 5.57. The maximum Gasteiger partial charge on any atom is 0.416 e. The van der Waals surface area contributed by atoms with Crippen molar-refractivity contribution in [2.24, 2.45) is 0 Å². The molecule has 0 amide bonds. The van der Waals surface area contributed by atoms with Crippen LogP contribution >= 0.6 is 0 Å². The van der Waals surface area contributed by atoms with Crippen molar-refractivity contribution in [2.45, 2.75) is 25.1 Å². The molecular weight excluding hydrogens is 325 g/mol. The van der Waals surface area contributed by atoms with Gasteiger partial charge in [0.05, 0.1) is 16.5 Å². The van der Waals surface area contributed by atoms with Gasteiger partial charge in [-0.25, -0.2) is 0 Å². The Labute approximate surface area is 134 Å². The lowest BCUT2D eigenvalue weighted by atomic mass is 10.1. The van der Waals surface area contributed by atoms with Gasteiger partial charge in [0, 0.05) is 6.07 Å². The number of nitrogens with one attached hydrogen (secondary N) is 1. The van der Waals surface area contributed by atoms with E-state index in [4.69, 9.17) is 0 Å². The summed E-state index contributed by atoms with van der Waals surface area (Å²) in [6, 6.07) is 7.12. The third kappa shape index (κ3) is 2.86. The van der Waals surface area contributed by atoms with Crippen LogP contribution in [0.2, 0.25) is 0 Å². The molecule has 5 nitrogen and oxygen atoms in total. The molecule has 1 unspecified atom stereocenters. The number of alkyl halides is 3. The molecule has 0 saturated carbocycles. The molecule has 0 aliphatic heterocycles. The first-order valence-electron chi connectivity index (χ1n) is 7.20. The number of nitrogens with zero attached hydrogens (tertiary/aromatic N) is 1. The van der Waals surface area contributed by atoms with Gasteiger partial charge >= 0.3 is 6.18 Å². The number of anilines is 1. The van der Waals surface area contributed by atoms with Gasteiger partial charge < -0.3 is 10.4 Å². The third-order valence-electron chi connectivity index (χ3n) is 4.10. The molecule has 2 N–H and O–H groups in total. The summed E-state index contributed by atoms with van der Waals surface area (Å²) >= 11 is 0. The Hall–Kier alpha value is -2.77. The number of hydrogen-bond acceptors (Lipinski definition) is 4. The number of benzene rings is 2. The Morgan fingerprint density at radius 3 is 2.67 bits per heavy atom. The number of halogens is 3. The average Bonchev–Trinajstić information content (AvgIpc) is 2.91. The van der Waals surface area contributed by atoms with Crippen molar-refractivity contribution in [3.63, 3.8) is 0 Å². The highest BCUT2D eigenvalue weighted by atomic mass is 19.4. The highest BCUT2D eigenvalue weighted by molar-refractivity contribution is 5.64. The molecule has 2 aromatic rings. The van der Waals surface area contributed by atoms with Crippen LogP contribution < -0.4 is 5.32 Å². The van der Waals surface area contributed by atoms with E-state index in [0.717, 1.165) is 23.3 Å². The molecule has 0 radical (unpaired) electrons. The standard InChI is InChI=1S/C16H13F3N2O3/c17-16(18,19)9-4-6-13(14(8-9)21(23)24)20-12-7-5-11-10(12)2-1-3-15(11)22/h1-4,6,8,12,20,22H,5,7H2. The van der Waals surface area contributed by atoms with Gasteiger partial charge in [-0.15, -0.1) is 0 Å². The van der Waals surface area contributed by atoms with Crippen molar-refractivity contribution in [1.29, 1.82) is 0 Å². The molecule has 2 aromatic carbocycles. The van der Waals surface area contributed by atoms with Gasteiger partial charge in [-0.1, -0.05) is 12.1 Å². The van der Waals surface area contributed by atoms with E-state index in [1.807, 2.05) is 0 Å². The van der Waals surface area contributed by atoms with Crippen molar-refractivity contribution in [3.05, 3.63) is 63.2 Å². The number of rotatable bonds is 3. The zero-order chi connectivity index (χ0) is 17.5. The number of phenolic OH excluding ortho intramolecular Hbond substituents is 1. The molecule has 1 atom stereocenters. The molecule has 0 spiro atoms. The van der Waals surface area contributed by atoms with Crippen molar-refractivity contribution >= 4 is 11.4 Å². The van der Waals surface area contributed by atoms with Gasteiger partial charge in [0.15, 0.2) is 0 Å². The van der Waals surface area contributed by atoms with Gasteiger partial charge in [-0.3, -0.25) is 10.1 Å². The quantitative estimate of drug-likeness (QED) is 0.642. The Morgan fingerprint density at radius 1 is 1.25 bits per heavy atom. The maximum atomic E-state index is 12.7. The number of aromatic hydroxyl groups is 1. The molecule has 0 heterocycles. The Kier molecular flexibility index (Phi) is 3.82. The van der Waals surface area contributed by atoms with E-state index < -0.39 is 22.4 Å². The van der Waals surface area contributed by atoms with Gasteiger partial charge in [0.25, 0.3) is 5.69 Å². The highest BCUT2D eigenvalue weighted by Gasteiger charge is 2.34. The van der Waals surface area contributed by atoms with Gasteiger partial charge in [-0.05, 0) is 42.2 Å². The monoisotopic (exact) mass is 338 g/mol. The molecule has 3 rings (SSSR count). The smallest absolute Gasteiger partial charge is 0.416 e. The van der Waals surface area contributed by atoms with Crippen LogP contribution in [0.1, 0.15) is 29.2 Å². The van der Waals surface area contributed by atoms with Crippen molar-refractivity contribution in [1.82, 2.24) is 0 Å². The molecule has 24 heavy (non-hydrogen) atoms. The van der Waals surface area contributed by atoms with Gasteiger partial charge in [0.1, 0.15) is 11.4 Å². The van der Waals surface area contributed by atoms with E-state index in [1.54, 1.807) is 18.2 Å². The van der Waals surface area contributed by atoms with Crippen LogP contribution in [0, 0.1) is 10.1 Å². The minimum absolute atomic E-state index is 0.0224. The van der Waals surface area contributed by atoms with Crippen LogP contribution in [0.5, 0.6) is 5.75 Å². The van der Waals surface area contributed by atoms with E-state index in [1.165, 1.54) is 0 Å². The lowest BCUT2D eigenvalue weighted by molar-refractivity contribution is -0.384. The van der Waals surface area contributed by atoms with Gasteiger partial charge in [0.2, 0.25) is 0 Å². The topological polar surface area (TPSA) is 75.4 Å². The fraction of sp³-hybridized carbons (Fsp3) is 0.250. The first-order chi connectivity index (χ1) is 11.3. The summed E-state index contributed by atoms with van der Waals surface area (Å²) < 4.78 is 38.2. The predicted octanol–water partition coefficient (Wildman–Crippen LogP) is 4.42. The molecule has 0 saturated heterocycles. The summed E-state index contributed by atoms with van der Waals surface area (Å²) in [5, 5.41) is 23.9. The Balaban J connectivity index is 1.95. The SMILES string of the molecule is O=[N+]([O-])c1cc(C(F)(F)F)ccc1NC1CCc2c(O)cccc21. The summed E-state index contributed by atoms with van der Waals surface area (Å²) in [6.07, 6.45) is -3.46. The summed E-state index contributed by atoms with van der Waals surface area (Å²) in [6.45, 7) is 0. The summed E-state index contributed by atoms with van der Waals surface area (Å²) in [5.74, 6) is 0.152. The predicted molar refractivity (Wildman–Crippen MR) is 80.9 cm³/mol. The minimum atomic E-state index is -4.64. The number of fused-ring (bicyclic) bond motifs is 1. The van der Waals surface area contributed by atoms with Gasteiger partial charge in [-0.2, -0.15) is 13.2 Å². The largest absolute Gasteiger partial charge is 0.508 e. The fourth-order valence-electron chi connectivity index (χ4n) is 2.95. The van der Waals surface area contributed by atoms with Crippen LogP contribution in [0.3, 0.4) is 0 Å². The van der Waals surface area contributed by atoms with E-state index in [0.29, 0.717) is 18.9 Å². The van der Waals surface area contributed by atoms with Crippen LogP contribution in [0.15, 0.2) is 36.4 Å². The molecule has 0 fully saturated rings. The summed E-state index contributed by atoms with van der Waals surface area (Å²) in [5.41, 5.74) is -0.120. The van der Waals surface area contributed by atoms with Crippen molar-refractivity contribution < 1.29 is 23.2 Å². The second kappa shape index (κ2) is 5.70. The summed E-state index contributed by atoms with van der Waals surface area (Å²) in [7, 11) is 0. The van der Waals surface area contributed by atoms with Crippen LogP contribution in [0.25, 0.3) is 0 Å². The third-order valence-corrected chi connectivity index (χ3v) is 4.10. The first-order valence-corrected chi connectivity index (χ1v) is 7.20. The molecule has 0 bridgehead atoms. The number of hydrogen-bond donors (Lipinski definition) is 2. The Morgan fingerprint density at radius 2 is 2.00 bits per heavy atom.